The predicted molar refractivity (Wildman–Crippen MR) is 48.3 cm³/mol. The third kappa shape index (κ3) is 3.43. The smallest absolute Gasteiger partial charge is 0.0741 e. The molecule has 0 aromatic heterocycles. The molecule has 1 heteroatoms. The van der Waals surface area contributed by atoms with Gasteiger partial charge in [0.2, 0.25) is 0 Å². The number of nitrogens with one attached hydrogen (secondary N) is 1. The van der Waals surface area contributed by atoms with Crippen LogP contribution in [0.1, 0.15) is 33.1 Å². The van der Waals surface area contributed by atoms with Gasteiger partial charge in [-0.3, -0.25) is 0 Å². The monoisotopic (exact) mass is 151 g/mol. The lowest BCUT2D eigenvalue weighted by Gasteiger charge is -2.19. The molecular formula is C10H17N. The van der Waals surface area contributed by atoms with Crippen LogP contribution in [-0.2, 0) is 0 Å². The van der Waals surface area contributed by atoms with Crippen LogP contribution in [0.25, 0.3) is 0 Å². The van der Waals surface area contributed by atoms with E-state index in [0.717, 1.165) is 12.5 Å². The molecule has 0 heterocycles. The highest BCUT2D eigenvalue weighted by Crippen LogP contribution is 2.31. The Morgan fingerprint density at radius 2 is 2.18 bits per heavy atom. The Hall–Kier alpha value is -0.480. The highest BCUT2D eigenvalue weighted by molar-refractivity contribution is 5.07. The van der Waals surface area contributed by atoms with Gasteiger partial charge in [0.25, 0.3) is 0 Å². The van der Waals surface area contributed by atoms with Gasteiger partial charge in [-0.1, -0.05) is 18.8 Å². The van der Waals surface area contributed by atoms with Crippen molar-refractivity contribution in [2.75, 3.05) is 6.54 Å². The standard InChI is InChI=1S/C10H17N/c1-4-10(2,3)11-8-7-9-5-6-9/h1,9,11H,5-8H2,2-3H3. The van der Waals surface area contributed by atoms with Gasteiger partial charge >= 0.3 is 0 Å². The number of terminal acetylenes is 1. The first kappa shape index (κ1) is 8.62. The van der Waals surface area contributed by atoms with Crippen molar-refractivity contribution in [3.05, 3.63) is 0 Å². The summed E-state index contributed by atoms with van der Waals surface area (Å²) >= 11 is 0. The Kier molecular flexibility index (Phi) is 2.57. The van der Waals surface area contributed by atoms with Crippen molar-refractivity contribution in [1.29, 1.82) is 0 Å². The Balaban J connectivity index is 2.05. The Morgan fingerprint density at radius 1 is 1.55 bits per heavy atom. The lowest BCUT2D eigenvalue weighted by atomic mass is 10.1. The van der Waals surface area contributed by atoms with Crippen LogP contribution in [0.4, 0.5) is 0 Å². The molecule has 0 aliphatic heterocycles. The van der Waals surface area contributed by atoms with Crippen molar-refractivity contribution >= 4 is 0 Å². The van der Waals surface area contributed by atoms with Crippen molar-refractivity contribution in [3.63, 3.8) is 0 Å². The van der Waals surface area contributed by atoms with E-state index >= 15 is 0 Å². The molecule has 0 aromatic rings. The molecule has 1 aliphatic carbocycles. The highest BCUT2D eigenvalue weighted by Gasteiger charge is 2.21. The molecule has 0 saturated heterocycles. The second kappa shape index (κ2) is 3.28. The average Bonchev–Trinajstić information content (AvgIpc) is 2.71. The van der Waals surface area contributed by atoms with E-state index in [9.17, 15) is 0 Å². The zero-order chi connectivity index (χ0) is 8.32. The molecule has 1 aliphatic rings. The summed E-state index contributed by atoms with van der Waals surface area (Å²) in [7, 11) is 0. The van der Waals surface area contributed by atoms with Crippen LogP contribution in [0.5, 0.6) is 0 Å². The second-order valence-corrected chi connectivity index (χ2v) is 3.93. The summed E-state index contributed by atoms with van der Waals surface area (Å²) in [6.07, 6.45) is 9.48. The number of rotatable bonds is 4. The average molecular weight is 151 g/mol. The van der Waals surface area contributed by atoms with E-state index < -0.39 is 0 Å². The molecule has 62 valence electrons. The lowest BCUT2D eigenvalue weighted by molar-refractivity contribution is 0.474. The Bertz CT molecular complexity index is 160. The summed E-state index contributed by atoms with van der Waals surface area (Å²) < 4.78 is 0. The number of hydrogen-bond acceptors (Lipinski definition) is 1. The molecule has 1 N–H and O–H groups in total. The maximum atomic E-state index is 5.33. The Labute approximate surface area is 69.6 Å². The SMILES string of the molecule is C#CC(C)(C)NCCC1CC1. The van der Waals surface area contributed by atoms with Crippen LogP contribution < -0.4 is 5.32 Å². The lowest BCUT2D eigenvalue weighted by Crippen LogP contribution is -2.38. The molecule has 0 bridgehead atoms. The summed E-state index contributed by atoms with van der Waals surface area (Å²) in [5.74, 6) is 3.72. The zero-order valence-corrected chi connectivity index (χ0v) is 7.48. The maximum absolute atomic E-state index is 5.33. The van der Waals surface area contributed by atoms with Crippen molar-refractivity contribution in [2.45, 2.75) is 38.6 Å². The fourth-order valence-corrected chi connectivity index (χ4v) is 1.05. The second-order valence-electron chi connectivity index (χ2n) is 3.93. The first-order chi connectivity index (χ1) is 5.14. The van der Waals surface area contributed by atoms with E-state index in [0.29, 0.717) is 0 Å². The molecule has 0 amide bonds. The quantitative estimate of drug-likeness (QED) is 0.604. The van der Waals surface area contributed by atoms with Gasteiger partial charge in [0.05, 0.1) is 5.54 Å². The summed E-state index contributed by atoms with van der Waals surface area (Å²) in [6.45, 7) is 5.15. The first-order valence-corrected chi connectivity index (χ1v) is 4.37. The number of hydrogen-bond donors (Lipinski definition) is 1. The molecule has 1 rings (SSSR count). The predicted octanol–water partition coefficient (Wildman–Crippen LogP) is 1.79. The van der Waals surface area contributed by atoms with Gasteiger partial charge in [-0.2, -0.15) is 0 Å². The van der Waals surface area contributed by atoms with Gasteiger partial charge in [0.1, 0.15) is 0 Å². The van der Waals surface area contributed by atoms with Crippen molar-refractivity contribution in [3.8, 4) is 12.3 Å². The molecular weight excluding hydrogens is 134 g/mol. The first-order valence-electron chi connectivity index (χ1n) is 4.37. The summed E-state index contributed by atoms with van der Waals surface area (Å²) in [5, 5.41) is 3.34. The van der Waals surface area contributed by atoms with Crippen LogP contribution in [-0.4, -0.2) is 12.1 Å². The van der Waals surface area contributed by atoms with E-state index in [1.165, 1.54) is 19.3 Å². The normalized spacial score (nSPS) is 17.9. The minimum absolute atomic E-state index is 0.116. The van der Waals surface area contributed by atoms with Gasteiger partial charge < -0.3 is 5.32 Å². The van der Waals surface area contributed by atoms with E-state index in [1.807, 2.05) is 13.8 Å². The summed E-state index contributed by atoms with van der Waals surface area (Å²) in [4.78, 5) is 0. The van der Waals surface area contributed by atoms with Crippen molar-refractivity contribution in [2.24, 2.45) is 5.92 Å². The van der Waals surface area contributed by atoms with Gasteiger partial charge in [-0.25, -0.2) is 0 Å². The van der Waals surface area contributed by atoms with Crippen LogP contribution in [0.2, 0.25) is 0 Å². The molecule has 0 aromatic carbocycles. The summed E-state index contributed by atoms with van der Waals surface area (Å²) in [6, 6.07) is 0. The molecule has 0 atom stereocenters. The van der Waals surface area contributed by atoms with Gasteiger partial charge in [0, 0.05) is 0 Å². The highest BCUT2D eigenvalue weighted by atomic mass is 14.9. The van der Waals surface area contributed by atoms with E-state index in [4.69, 9.17) is 6.42 Å². The van der Waals surface area contributed by atoms with Gasteiger partial charge in [-0.05, 0) is 32.7 Å². The third-order valence-corrected chi connectivity index (χ3v) is 2.18. The fraction of sp³-hybridized carbons (Fsp3) is 0.800. The van der Waals surface area contributed by atoms with Crippen molar-refractivity contribution < 1.29 is 0 Å². The largest absolute Gasteiger partial charge is 0.302 e. The molecule has 0 radical (unpaired) electrons. The maximum Gasteiger partial charge on any atom is 0.0741 e. The minimum atomic E-state index is -0.116. The molecule has 11 heavy (non-hydrogen) atoms. The van der Waals surface area contributed by atoms with Gasteiger partial charge in [0.15, 0.2) is 0 Å². The Morgan fingerprint density at radius 3 is 2.64 bits per heavy atom. The molecule has 0 spiro atoms. The van der Waals surface area contributed by atoms with Crippen LogP contribution in [0.15, 0.2) is 0 Å². The topological polar surface area (TPSA) is 12.0 Å². The van der Waals surface area contributed by atoms with E-state index in [-0.39, 0.29) is 5.54 Å². The van der Waals surface area contributed by atoms with E-state index in [2.05, 4.69) is 11.2 Å². The summed E-state index contributed by atoms with van der Waals surface area (Å²) in [5.41, 5.74) is -0.116. The van der Waals surface area contributed by atoms with Crippen LogP contribution in [0, 0.1) is 18.3 Å². The van der Waals surface area contributed by atoms with Crippen LogP contribution in [0.3, 0.4) is 0 Å². The molecule has 1 saturated carbocycles. The zero-order valence-electron chi connectivity index (χ0n) is 7.48. The minimum Gasteiger partial charge on any atom is -0.302 e. The molecule has 1 fully saturated rings. The molecule has 1 nitrogen and oxygen atoms in total. The molecule has 0 unspecified atom stereocenters. The van der Waals surface area contributed by atoms with Crippen LogP contribution >= 0.6 is 0 Å². The van der Waals surface area contributed by atoms with E-state index in [1.54, 1.807) is 0 Å². The van der Waals surface area contributed by atoms with Gasteiger partial charge in [-0.15, -0.1) is 6.42 Å². The van der Waals surface area contributed by atoms with Crippen molar-refractivity contribution in [1.82, 2.24) is 5.32 Å². The third-order valence-electron chi connectivity index (χ3n) is 2.18. The fourth-order valence-electron chi connectivity index (χ4n) is 1.05.